The summed E-state index contributed by atoms with van der Waals surface area (Å²) in [6, 6.07) is 0. The zero-order valence-electron chi connectivity index (χ0n) is 27.9. The van der Waals surface area contributed by atoms with Crippen LogP contribution in [0, 0.1) is 34.5 Å². The molecule has 1 N–H and O–H groups in total. The maximum atomic E-state index is 12.4. The smallest absolute Gasteiger partial charge is 0.438 e. The molecule has 248 valence electrons. The summed E-state index contributed by atoms with van der Waals surface area (Å²) in [4.78, 5) is 24.3. The summed E-state index contributed by atoms with van der Waals surface area (Å²) < 4.78 is 31.8. The third-order valence-corrected chi connectivity index (χ3v) is 11.4. The third-order valence-electron chi connectivity index (χ3n) is 11.4. The van der Waals surface area contributed by atoms with E-state index in [2.05, 4.69) is 39.0 Å². The molecule has 44 heavy (non-hydrogen) atoms. The van der Waals surface area contributed by atoms with Crippen LogP contribution in [0.2, 0.25) is 0 Å². The second kappa shape index (κ2) is 14.0. The van der Waals surface area contributed by atoms with Gasteiger partial charge >= 0.3 is 12.3 Å². The molecule has 0 aromatic carbocycles. The van der Waals surface area contributed by atoms with Gasteiger partial charge in [0.1, 0.15) is 19.0 Å². The number of fused-ring (bicyclic) bond motifs is 5. The minimum absolute atomic E-state index is 0.138. The van der Waals surface area contributed by atoms with E-state index in [1.165, 1.54) is 19.8 Å². The number of ether oxygens (including phenoxy) is 6. The van der Waals surface area contributed by atoms with Gasteiger partial charge in [0.05, 0.1) is 25.9 Å². The lowest BCUT2D eigenvalue weighted by Crippen LogP contribution is -2.54. The Morgan fingerprint density at radius 1 is 1.02 bits per heavy atom. The number of allylic oxidation sites excluding steroid dienone is 4. The number of methoxy groups -OCH3 is 3. The van der Waals surface area contributed by atoms with Crippen molar-refractivity contribution in [1.82, 2.24) is 0 Å². The normalized spacial score (nSPS) is 34.5. The van der Waals surface area contributed by atoms with Crippen LogP contribution >= 0.6 is 0 Å². The van der Waals surface area contributed by atoms with Crippen LogP contribution in [-0.2, 0) is 28.4 Å². The second-order valence-corrected chi connectivity index (χ2v) is 14.3. The molecule has 0 aliphatic heterocycles. The van der Waals surface area contributed by atoms with Crippen molar-refractivity contribution in [2.24, 2.45) is 34.5 Å². The monoisotopic (exact) mass is 618 g/mol. The van der Waals surface area contributed by atoms with Gasteiger partial charge in [0.25, 0.3) is 0 Å². The first-order chi connectivity index (χ1) is 20.8. The van der Waals surface area contributed by atoms with E-state index in [1.54, 1.807) is 7.11 Å². The fraction of sp³-hybridized carbons (Fsp3) is 0.771. The Balaban J connectivity index is 1.50. The summed E-state index contributed by atoms with van der Waals surface area (Å²) in [5.74, 6) is 1.50. The van der Waals surface area contributed by atoms with Crippen molar-refractivity contribution in [3.63, 3.8) is 0 Å². The van der Waals surface area contributed by atoms with Gasteiger partial charge in [0.2, 0.25) is 0 Å². The molecule has 3 saturated carbocycles. The van der Waals surface area contributed by atoms with Crippen LogP contribution in [0.4, 0.5) is 9.59 Å². The van der Waals surface area contributed by atoms with Crippen LogP contribution in [0.1, 0.15) is 86.0 Å². The first-order valence-corrected chi connectivity index (χ1v) is 16.2. The second-order valence-electron chi connectivity index (χ2n) is 14.3. The molecule has 0 spiro atoms. The van der Waals surface area contributed by atoms with E-state index in [1.807, 2.05) is 19.9 Å². The highest BCUT2D eigenvalue weighted by molar-refractivity contribution is 5.61. The van der Waals surface area contributed by atoms with Crippen molar-refractivity contribution in [2.45, 2.75) is 110 Å². The zero-order valence-corrected chi connectivity index (χ0v) is 27.9. The number of carbonyl (C=O) groups excluding carboxylic acids is 2. The summed E-state index contributed by atoms with van der Waals surface area (Å²) in [7, 11) is 4.22. The first kappa shape index (κ1) is 34.5. The fourth-order valence-electron chi connectivity index (χ4n) is 8.84. The topological polar surface area (TPSA) is 110 Å². The Hall–Kier alpha value is -2.36. The van der Waals surface area contributed by atoms with Crippen molar-refractivity contribution < 1.29 is 43.1 Å². The van der Waals surface area contributed by atoms with E-state index in [-0.39, 0.29) is 23.7 Å². The molecule has 9 heteroatoms. The number of aliphatic hydroxyl groups is 1. The molecule has 0 heterocycles. The molecule has 3 fully saturated rings. The average molecular weight is 619 g/mol. The molecule has 0 radical (unpaired) electrons. The van der Waals surface area contributed by atoms with E-state index >= 15 is 0 Å². The molecule has 0 aromatic rings. The predicted molar refractivity (Wildman–Crippen MR) is 166 cm³/mol. The molecule has 0 aromatic heterocycles. The van der Waals surface area contributed by atoms with Crippen LogP contribution in [0.15, 0.2) is 35.5 Å². The Morgan fingerprint density at radius 3 is 2.41 bits per heavy atom. The molecule has 0 saturated heterocycles. The Bertz CT molecular complexity index is 1130. The molecule has 0 bridgehead atoms. The molecule has 0 amide bonds. The molecule has 9 nitrogen and oxygen atoms in total. The van der Waals surface area contributed by atoms with Gasteiger partial charge in [-0.1, -0.05) is 56.2 Å². The van der Waals surface area contributed by atoms with Gasteiger partial charge in [-0.2, -0.15) is 0 Å². The predicted octanol–water partition coefficient (Wildman–Crippen LogP) is 7.13. The van der Waals surface area contributed by atoms with Crippen molar-refractivity contribution >= 4 is 12.3 Å². The maximum Gasteiger partial charge on any atom is 0.508 e. The summed E-state index contributed by atoms with van der Waals surface area (Å²) >= 11 is 0. The van der Waals surface area contributed by atoms with Gasteiger partial charge in [0.15, 0.2) is 0 Å². The largest absolute Gasteiger partial charge is 0.508 e. The molecular formula is C35H54O9. The average Bonchev–Trinajstić information content (AvgIpc) is 3.35. The van der Waals surface area contributed by atoms with Crippen molar-refractivity contribution in [1.29, 1.82) is 0 Å². The number of carbonyl (C=O) groups is 2. The number of aliphatic hydroxyl groups excluding tert-OH is 1. The van der Waals surface area contributed by atoms with Crippen LogP contribution < -0.4 is 0 Å². The highest BCUT2D eigenvalue weighted by atomic mass is 16.7. The molecule has 0 unspecified atom stereocenters. The summed E-state index contributed by atoms with van der Waals surface area (Å²) in [6.07, 6.45) is 12.4. The van der Waals surface area contributed by atoms with Crippen LogP contribution in [0.25, 0.3) is 0 Å². The van der Waals surface area contributed by atoms with Gasteiger partial charge < -0.3 is 33.5 Å². The lowest BCUT2D eigenvalue weighted by atomic mass is 9.49. The van der Waals surface area contributed by atoms with Crippen LogP contribution in [0.3, 0.4) is 0 Å². The Morgan fingerprint density at radius 2 is 1.73 bits per heavy atom. The minimum atomic E-state index is -0.732. The number of rotatable bonds is 11. The van der Waals surface area contributed by atoms with E-state index in [9.17, 15) is 14.7 Å². The number of hydrogen-bond donors (Lipinski definition) is 1. The van der Waals surface area contributed by atoms with Gasteiger partial charge in [-0.25, -0.2) is 9.59 Å². The molecule has 4 aliphatic carbocycles. The summed E-state index contributed by atoms with van der Waals surface area (Å²) in [5, 5.41) is 10.7. The lowest BCUT2D eigenvalue weighted by molar-refractivity contribution is -0.119. The van der Waals surface area contributed by atoms with Gasteiger partial charge in [-0.15, -0.1) is 0 Å². The van der Waals surface area contributed by atoms with Gasteiger partial charge in [0, 0.05) is 25.4 Å². The summed E-state index contributed by atoms with van der Waals surface area (Å²) in [5.41, 5.74) is 1.96. The zero-order chi connectivity index (χ0) is 32.3. The molecule has 4 aliphatic rings. The third kappa shape index (κ3) is 7.05. The van der Waals surface area contributed by atoms with E-state index in [0.29, 0.717) is 37.0 Å². The Labute approximate surface area is 263 Å². The molecular weight excluding hydrogens is 564 g/mol. The van der Waals surface area contributed by atoms with Crippen LogP contribution in [0.5, 0.6) is 0 Å². The Kier molecular flexibility index (Phi) is 10.9. The van der Waals surface area contributed by atoms with Crippen molar-refractivity contribution in [3.8, 4) is 0 Å². The van der Waals surface area contributed by atoms with E-state index < -0.39 is 36.0 Å². The molecule has 9 atom stereocenters. The summed E-state index contributed by atoms with van der Waals surface area (Å²) in [6.45, 7) is 11.2. The maximum absolute atomic E-state index is 12.4. The van der Waals surface area contributed by atoms with Crippen molar-refractivity contribution in [3.05, 3.63) is 35.5 Å². The number of hydrogen-bond acceptors (Lipinski definition) is 9. The molecule has 4 rings (SSSR count). The van der Waals surface area contributed by atoms with Gasteiger partial charge in [-0.05, 0) is 81.5 Å². The standard InChI is InChI=1S/C35H54O9/c1-22(9-11-24(36)15-17-33(2,3)42-21-39-6)27-13-14-28-26-12-10-23-19-25(43-31(37)40-7)20-30(44-32(38)41-8)35(23,5)29(26)16-18-34(27,28)4/h9-12,22,24-25,27-30,36H,13-21H2,1-8H3/b11-9+/t22-,24+,25+,27+,28-,29-,30-,34+,35-/m0/s1. The highest BCUT2D eigenvalue weighted by Gasteiger charge is 2.60. The highest BCUT2D eigenvalue weighted by Crippen LogP contribution is 2.66. The van der Waals surface area contributed by atoms with Crippen LogP contribution in [-0.4, -0.2) is 69.5 Å². The fourth-order valence-corrected chi connectivity index (χ4v) is 8.84. The van der Waals surface area contributed by atoms with Crippen molar-refractivity contribution in [2.75, 3.05) is 28.1 Å². The van der Waals surface area contributed by atoms with E-state index in [4.69, 9.17) is 28.4 Å². The lowest BCUT2D eigenvalue weighted by Gasteiger charge is -2.57. The quantitative estimate of drug-likeness (QED) is 0.147. The SMILES string of the molecule is COCOC(C)(C)CC[C@H](O)/C=C/[C@H](C)[C@H]1CC[C@H]2C3=CC=C4C[C@@H](OC(=O)OC)C[C@H](OC(=O)OC)[C@]4(C)[C@H]3CC[C@]12C. The van der Waals surface area contributed by atoms with Gasteiger partial charge in [-0.3, -0.25) is 0 Å². The first-order valence-electron chi connectivity index (χ1n) is 16.2. The minimum Gasteiger partial charge on any atom is -0.438 e. The van der Waals surface area contributed by atoms with E-state index in [0.717, 1.165) is 37.7 Å².